The Morgan fingerprint density at radius 2 is 2.17 bits per heavy atom. The van der Waals surface area contributed by atoms with Gasteiger partial charge in [-0.15, -0.1) is 11.8 Å². The molecule has 1 aliphatic rings. The molecule has 0 N–H and O–H groups in total. The van der Waals surface area contributed by atoms with E-state index in [4.69, 9.17) is 16.3 Å². The van der Waals surface area contributed by atoms with Crippen molar-refractivity contribution in [2.24, 2.45) is 0 Å². The predicted octanol–water partition coefficient (Wildman–Crippen LogP) is 3.10. The van der Waals surface area contributed by atoms with Crippen LogP contribution in [0.1, 0.15) is 11.1 Å². The van der Waals surface area contributed by atoms with Crippen LogP contribution in [0.4, 0.5) is 5.82 Å². The first-order chi connectivity index (χ1) is 11.6. The highest BCUT2D eigenvalue weighted by Crippen LogP contribution is 2.24. The Hall–Kier alpha value is -1.79. The Morgan fingerprint density at radius 3 is 2.92 bits per heavy atom. The molecule has 7 heteroatoms. The van der Waals surface area contributed by atoms with Crippen molar-refractivity contribution in [2.45, 2.75) is 18.8 Å². The lowest BCUT2D eigenvalue weighted by atomic mass is 10.2. The molecule has 0 spiro atoms. The predicted molar refractivity (Wildman–Crippen MR) is 96.5 cm³/mol. The van der Waals surface area contributed by atoms with E-state index in [1.807, 2.05) is 36.1 Å². The molecule has 1 atom stereocenters. The number of hydrogen-bond donors (Lipinski definition) is 0. The van der Waals surface area contributed by atoms with Gasteiger partial charge in [0.15, 0.2) is 0 Å². The number of ether oxygens (including phenoxy) is 1. The number of halogens is 1. The lowest BCUT2D eigenvalue weighted by Crippen LogP contribution is -2.42. The molecular weight excluding hydrogens is 346 g/mol. The van der Waals surface area contributed by atoms with E-state index < -0.39 is 0 Å². The number of rotatable bonds is 4. The van der Waals surface area contributed by atoms with Crippen LogP contribution in [0.2, 0.25) is 5.28 Å². The number of carbonyl (C=O) groups excluding carboxylic acids is 1. The quantitative estimate of drug-likeness (QED) is 0.614. The van der Waals surface area contributed by atoms with E-state index in [0.29, 0.717) is 13.2 Å². The molecule has 5 nitrogen and oxygen atoms in total. The van der Waals surface area contributed by atoms with Gasteiger partial charge in [-0.2, -0.15) is 0 Å². The molecule has 0 aliphatic carbocycles. The highest BCUT2D eigenvalue weighted by molar-refractivity contribution is 8.00. The van der Waals surface area contributed by atoms with Gasteiger partial charge in [0.25, 0.3) is 0 Å². The minimum absolute atomic E-state index is 0.189. The lowest BCUT2D eigenvalue weighted by molar-refractivity contribution is -0.144. The van der Waals surface area contributed by atoms with Crippen molar-refractivity contribution in [3.63, 3.8) is 0 Å². The normalized spacial score (nSPS) is 17.6. The third kappa shape index (κ3) is 4.39. The summed E-state index contributed by atoms with van der Waals surface area (Å²) in [6, 6.07) is 9.78. The second-order valence-corrected chi connectivity index (χ2v) is 7.23. The summed E-state index contributed by atoms with van der Waals surface area (Å²) in [5.41, 5.74) is 2.18. The van der Waals surface area contributed by atoms with Crippen LogP contribution in [0.15, 0.2) is 36.5 Å². The molecule has 3 rings (SSSR count). The van der Waals surface area contributed by atoms with Gasteiger partial charge in [0.05, 0.1) is 0 Å². The van der Waals surface area contributed by atoms with Gasteiger partial charge in [-0.3, -0.25) is 4.79 Å². The second-order valence-electron chi connectivity index (χ2n) is 5.58. The number of esters is 1. The first kappa shape index (κ1) is 17.0. The van der Waals surface area contributed by atoms with Crippen molar-refractivity contribution in [1.82, 2.24) is 9.97 Å². The third-order valence-corrected chi connectivity index (χ3v) is 5.11. The van der Waals surface area contributed by atoms with E-state index in [2.05, 4.69) is 9.97 Å². The summed E-state index contributed by atoms with van der Waals surface area (Å²) in [7, 11) is 0. The molecule has 1 saturated heterocycles. The number of benzene rings is 1. The van der Waals surface area contributed by atoms with E-state index >= 15 is 0 Å². The molecule has 2 aromatic rings. The molecule has 24 heavy (non-hydrogen) atoms. The number of thioether (sulfide) groups is 1. The van der Waals surface area contributed by atoms with Gasteiger partial charge in [-0.1, -0.05) is 29.8 Å². The maximum Gasteiger partial charge on any atom is 0.321 e. The maximum absolute atomic E-state index is 12.4. The van der Waals surface area contributed by atoms with Crippen molar-refractivity contribution in [3.05, 3.63) is 52.9 Å². The second kappa shape index (κ2) is 7.85. The molecule has 0 radical (unpaired) electrons. The van der Waals surface area contributed by atoms with Crippen molar-refractivity contribution >= 4 is 35.1 Å². The first-order valence-corrected chi connectivity index (χ1v) is 9.12. The largest absolute Gasteiger partial charge is 0.460 e. The van der Waals surface area contributed by atoms with E-state index in [0.717, 1.165) is 23.7 Å². The highest BCUT2D eigenvalue weighted by atomic mass is 35.5. The smallest absolute Gasteiger partial charge is 0.321 e. The molecule has 0 amide bonds. The zero-order valence-electron chi connectivity index (χ0n) is 13.3. The summed E-state index contributed by atoms with van der Waals surface area (Å²) in [4.78, 5) is 22.5. The summed E-state index contributed by atoms with van der Waals surface area (Å²) in [6.45, 7) is 3.71. The van der Waals surface area contributed by atoms with E-state index in [1.165, 1.54) is 5.56 Å². The molecular formula is C17H18ClN3O2S. The summed E-state index contributed by atoms with van der Waals surface area (Å²) in [5, 5.41) is -0.0119. The Bertz CT molecular complexity index is 711. The summed E-state index contributed by atoms with van der Waals surface area (Å²) in [5.74, 6) is 1.39. The number of hydrogen-bond acceptors (Lipinski definition) is 6. The van der Waals surface area contributed by atoms with Crippen LogP contribution in [0.3, 0.4) is 0 Å². The monoisotopic (exact) mass is 363 g/mol. The fourth-order valence-corrected chi connectivity index (χ4v) is 3.68. The van der Waals surface area contributed by atoms with Crippen LogP contribution in [-0.4, -0.2) is 40.0 Å². The van der Waals surface area contributed by atoms with Crippen LogP contribution in [-0.2, 0) is 16.1 Å². The van der Waals surface area contributed by atoms with Gasteiger partial charge in [0.2, 0.25) is 5.28 Å². The van der Waals surface area contributed by atoms with Crippen LogP contribution in [0.25, 0.3) is 0 Å². The standard InChI is InChI=1S/C17H18ClN3O2S/c1-12-2-4-13(5-3-12)11-23-16(22)14-10-21(8-9-24-14)15-6-7-19-17(18)20-15/h2-7,14H,8-11H2,1H3. The zero-order valence-corrected chi connectivity index (χ0v) is 14.9. The lowest BCUT2D eigenvalue weighted by Gasteiger charge is -2.31. The van der Waals surface area contributed by atoms with Gasteiger partial charge in [-0.25, -0.2) is 9.97 Å². The fraction of sp³-hybridized carbons (Fsp3) is 0.353. The third-order valence-electron chi connectivity index (χ3n) is 3.77. The molecule has 126 valence electrons. The molecule has 1 aliphatic heterocycles. The zero-order chi connectivity index (χ0) is 16.9. The van der Waals surface area contributed by atoms with Gasteiger partial charge in [-0.05, 0) is 30.2 Å². The van der Waals surface area contributed by atoms with Gasteiger partial charge >= 0.3 is 5.97 Å². The van der Waals surface area contributed by atoms with Crippen molar-refractivity contribution in [3.8, 4) is 0 Å². The van der Waals surface area contributed by atoms with Crippen LogP contribution >= 0.6 is 23.4 Å². The minimum Gasteiger partial charge on any atom is -0.460 e. The first-order valence-electron chi connectivity index (χ1n) is 7.69. The topological polar surface area (TPSA) is 55.3 Å². The average Bonchev–Trinajstić information content (AvgIpc) is 2.61. The van der Waals surface area contributed by atoms with E-state index in [-0.39, 0.29) is 16.5 Å². The number of aryl methyl sites for hydroxylation is 1. The molecule has 0 bridgehead atoms. The van der Waals surface area contributed by atoms with E-state index in [1.54, 1.807) is 24.0 Å². The average molecular weight is 364 g/mol. The maximum atomic E-state index is 12.4. The van der Waals surface area contributed by atoms with Crippen LogP contribution < -0.4 is 4.90 Å². The Morgan fingerprint density at radius 1 is 1.38 bits per heavy atom. The number of nitrogens with zero attached hydrogens (tertiary/aromatic N) is 3. The molecule has 1 aromatic heterocycles. The Labute approximate surface area is 150 Å². The number of aromatic nitrogens is 2. The molecule has 1 aromatic carbocycles. The number of anilines is 1. The highest BCUT2D eigenvalue weighted by Gasteiger charge is 2.28. The van der Waals surface area contributed by atoms with Crippen molar-refractivity contribution < 1.29 is 9.53 Å². The van der Waals surface area contributed by atoms with Crippen molar-refractivity contribution in [1.29, 1.82) is 0 Å². The number of carbonyl (C=O) groups is 1. The molecule has 0 saturated carbocycles. The Balaban J connectivity index is 1.57. The molecule has 2 heterocycles. The summed E-state index contributed by atoms with van der Waals surface area (Å²) < 4.78 is 5.47. The van der Waals surface area contributed by atoms with Crippen LogP contribution in [0, 0.1) is 6.92 Å². The summed E-state index contributed by atoms with van der Waals surface area (Å²) >= 11 is 7.46. The Kier molecular flexibility index (Phi) is 5.58. The SMILES string of the molecule is Cc1ccc(COC(=O)C2CN(c3ccnc(Cl)n3)CCS2)cc1. The van der Waals surface area contributed by atoms with Gasteiger partial charge in [0, 0.05) is 25.0 Å². The van der Waals surface area contributed by atoms with Crippen LogP contribution in [0.5, 0.6) is 0 Å². The molecule has 1 unspecified atom stereocenters. The molecule has 1 fully saturated rings. The van der Waals surface area contributed by atoms with Crippen molar-refractivity contribution in [2.75, 3.05) is 23.7 Å². The van der Waals surface area contributed by atoms with E-state index in [9.17, 15) is 4.79 Å². The summed E-state index contributed by atoms with van der Waals surface area (Å²) in [6.07, 6.45) is 1.62. The minimum atomic E-state index is -0.224. The van der Waals surface area contributed by atoms with Gasteiger partial charge in [0.1, 0.15) is 17.7 Å². The fourth-order valence-electron chi connectivity index (χ4n) is 2.43. The van der Waals surface area contributed by atoms with Gasteiger partial charge < -0.3 is 9.64 Å².